The van der Waals surface area contributed by atoms with Crippen LogP contribution in [0, 0.1) is 23.6 Å². The van der Waals surface area contributed by atoms with Gasteiger partial charge < -0.3 is 9.30 Å². The Morgan fingerprint density at radius 2 is 2.15 bits per heavy atom. The summed E-state index contributed by atoms with van der Waals surface area (Å²) in [5.41, 5.74) is 1.36. The van der Waals surface area contributed by atoms with Crippen LogP contribution < -0.4 is 0 Å². The van der Waals surface area contributed by atoms with Crippen LogP contribution in [0.5, 0.6) is 0 Å². The van der Waals surface area contributed by atoms with Crippen LogP contribution >= 0.6 is 0 Å². The van der Waals surface area contributed by atoms with Gasteiger partial charge in [0.15, 0.2) is 0 Å². The van der Waals surface area contributed by atoms with Gasteiger partial charge in [-0.15, -0.1) is 0 Å². The van der Waals surface area contributed by atoms with Gasteiger partial charge in [0.25, 0.3) is 0 Å². The lowest BCUT2D eigenvalue weighted by Crippen LogP contribution is -2.36. The molecule has 1 aromatic heterocycles. The molecule has 0 bridgehead atoms. The number of carbonyl (C=O) groups is 1. The van der Waals surface area contributed by atoms with Gasteiger partial charge in [0.2, 0.25) is 0 Å². The molecule has 3 rings (SSSR count). The number of aryl methyl sites for hydroxylation is 1. The van der Waals surface area contributed by atoms with E-state index in [0.717, 1.165) is 18.7 Å². The first-order chi connectivity index (χ1) is 12.4. The van der Waals surface area contributed by atoms with Crippen molar-refractivity contribution in [3.05, 3.63) is 29.8 Å². The molecule has 26 heavy (non-hydrogen) atoms. The Bertz CT molecular complexity index is 784. The minimum Gasteiger partial charge on any atom is -0.461 e. The van der Waals surface area contributed by atoms with Gasteiger partial charge in [0.05, 0.1) is 11.0 Å². The third-order valence-corrected chi connectivity index (χ3v) is 5.64. The fourth-order valence-electron chi connectivity index (χ4n) is 4.18. The van der Waals surface area contributed by atoms with Crippen LogP contribution in [0.1, 0.15) is 52.8 Å². The zero-order valence-electron chi connectivity index (χ0n) is 16.2. The molecule has 0 radical (unpaired) electrons. The number of imidazole rings is 1. The average molecular weight is 360 g/mol. The summed E-state index contributed by atoms with van der Waals surface area (Å²) >= 11 is 0. The highest BCUT2D eigenvalue weighted by Crippen LogP contribution is 2.35. The molecule has 1 aliphatic rings. The van der Waals surface area contributed by atoms with Crippen LogP contribution in [0.4, 0.5) is 4.39 Å². The standard InChI is InChI=1S/C21H29FN2O2/c1-5-20-23-17-9-7-15(22)11-18(17)24(20)12-21(25)26-19-10-14(4)6-8-16(19)13(2)3/h7,9,11,13-14,16,19H,5-6,8,10,12H2,1-4H3/t14?,16?,19-/m1/s1. The van der Waals surface area contributed by atoms with Crippen molar-refractivity contribution in [3.63, 3.8) is 0 Å². The summed E-state index contributed by atoms with van der Waals surface area (Å²) in [5.74, 6) is 1.69. The first kappa shape index (κ1) is 18.9. The Morgan fingerprint density at radius 1 is 1.38 bits per heavy atom. The van der Waals surface area contributed by atoms with Gasteiger partial charge in [-0.1, -0.05) is 34.1 Å². The van der Waals surface area contributed by atoms with Crippen molar-refractivity contribution >= 4 is 17.0 Å². The number of rotatable bonds is 5. The van der Waals surface area contributed by atoms with E-state index in [1.54, 1.807) is 10.6 Å². The Balaban J connectivity index is 1.79. The smallest absolute Gasteiger partial charge is 0.326 e. The highest BCUT2D eigenvalue weighted by Gasteiger charge is 2.33. The van der Waals surface area contributed by atoms with Crippen LogP contribution in [-0.2, 0) is 22.5 Å². The number of ether oxygens (including phenoxy) is 1. The molecule has 1 fully saturated rings. The van der Waals surface area contributed by atoms with Gasteiger partial charge in [0, 0.05) is 6.42 Å². The number of esters is 1. The third kappa shape index (κ3) is 3.92. The molecule has 2 unspecified atom stereocenters. The van der Waals surface area contributed by atoms with Crippen molar-refractivity contribution in [1.29, 1.82) is 0 Å². The lowest BCUT2D eigenvalue weighted by molar-refractivity contribution is -0.156. The number of hydrogen-bond donors (Lipinski definition) is 0. The highest BCUT2D eigenvalue weighted by atomic mass is 19.1. The first-order valence-electron chi connectivity index (χ1n) is 9.73. The van der Waals surface area contributed by atoms with Crippen LogP contribution in [0.2, 0.25) is 0 Å². The van der Waals surface area contributed by atoms with E-state index in [9.17, 15) is 9.18 Å². The molecule has 5 heteroatoms. The number of fused-ring (bicyclic) bond motifs is 1. The fraction of sp³-hybridized carbons (Fsp3) is 0.619. The summed E-state index contributed by atoms with van der Waals surface area (Å²) in [6, 6.07) is 4.49. The van der Waals surface area contributed by atoms with E-state index in [0.29, 0.717) is 35.2 Å². The van der Waals surface area contributed by atoms with Crippen molar-refractivity contribution < 1.29 is 13.9 Å². The highest BCUT2D eigenvalue weighted by molar-refractivity contribution is 5.79. The molecule has 2 aromatic rings. The summed E-state index contributed by atoms with van der Waals surface area (Å²) in [6.45, 7) is 8.68. The molecule has 0 amide bonds. The zero-order valence-corrected chi connectivity index (χ0v) is 16.2. The maximum absolute atomic E-state index is 13.7. The number of carbonyl (C=O) groups excluding carboxylic acids is 1. The predicted octanol–water partition coefficient (Wildman–Crippen LogP) is 4.74. The molecule has 0 spiro atoms. The summed E-state index contributed by atoms with van der Waals surface area (Å²) in [4.78, 5) is 17.2. The fourth-order valence-corrected chi connectivity index (χ4v) is 4.18. The number of halogens is 1. The van der Waals surface area contributed by atoms with Gasteiger partial charge in [-0.05, 0) is 48.8 Å². The summed E-state index contributed by atoms with van der Waals surface area (Å²) in [7, 11) is 0. The Hall–Kier alpha value is -1.91. The van der Waals surface area contributed by atoms with E-state index in [1.807, 2.05) is 6.92 Å². The predicted molar refractivity (Wildman–Crippen MR) is 100 cm³/mol. The molecular formula is C21H29FN2O2. The van der Waals surface area contributed by atoms with Gasteiger partial charge in [-0.2, -0.15) is 0 Å². The topological polar surface area (TPSA) is 44.1 Å². The van der Waals surface area contributed by atoms with Crippen LogP contribution in [-0.4, -0.2) is 21.6 Å². The molecule has 1 saturated carbocycles. The largest absolute Gasteiger partial charge is 0.461 e. The van der Waals surface area contributed by atoms with Gasteiger partial charge >= 0.3 is 5.97 Å². The summed E-state index contributed by atoms with van der Waals surface area (Å²) in [6.07, 6.45) is 3.88. The molecule has 142 valence electrons. The maximum Gasteiger partial charge on any atom is 0.326 e. The minimum absolute atomic E-state index is 0.0251. The van der Waals surface area contributed by atoms with Gasteiger partial charge in [0.1, 0.15) is 24.3 Å². The number of aromatic nitrogens is 2. The van der Waals surface area contributed by atoms with Crippen molar-refractivity contribution in [2.45, 2.75) is 66.0 Å². The lowest BCUT2D eigenvalue weighted by Gasteiger charge is -2.36. The second-order valence-corrected chi connectivity index (χ2v) is 7.96. The maximum atomic E-state index is 13.7. The molecule has 0 aliphatic heterocycles. The van der Waals surface area contributed by atoms with E-state index in [2.05, 4.69) is 25.8 Å². The van der Waals surface area contributed by atoms with Gasteiger partial charge in [-0.3, -0.25) is 4.79 Å². The molecule has 1 aromatic carbocycles. The van der Waals surface area contributed by atoms with Crippen LogP contribution in [0.3, 0.4) is 0 Å². The van der Waals surface area contributed by atoms with Crippen LogP contribution in [0.25, 0.3) is 11.0 Å². The Kier molecular flexibility index (Phi) is 5.64. The van der Waals surface area contributed by atoms with Crippen molar-refractivity contribution in [3.8, 4) is 0 Å². The Morgan fingerprint density at radius 3 is 2.85 bits per heavy atom. The van der Waals surface area contributed by atoms with E-state index in [4.69, 9.17) is 4.74 Å². The van der Waals surface area contributed by atoms with Gasteiger partial charge in [-0.25, -0.2) is 9.37 Å². The van der Waals surface area contributed by atoms with Crippen molar-refractivity contribution in [2.24, 2.45) is 17.8 Å². The number of benzene rings is 1. The van der Waals surface area contributed by atoms with E-state index in [-0.39, 0.29) is 24.4 Å². The van der Waals surface area contributed by atoms with E-state index < -0.39 is 0 Å². The average Bonchev–Trinajstić information content (AvgIpc) is 2.91. The molecule has 0 saturated heterocycles. The number of hydrogen-bond acceptors (Lipinski definition) is 3. The first-order valence-corrected chi connectivity index (χ1v) is 9.73. The number of nitrogens with zero attached hydrogens (tertiary/aromatic N) is 2. The zero-order chi connectivity index (χ0) is 18.8. The second-order valence-electron chi connectivity index (χ2n) is 7.96. The van der Waals surface area contributed by atoms with Crippen LogP contribution in [0.15, 0.2) is 18.2 Å². The molecule has 1 aliphatic carbocycles. The molecule has 1 heterocycles. The SMILES string of the molecule is CCc1nc2ccc(F)cc2n1CC(=O)O[C@@H]1CC(C)CCC1C(C)C. The Labute approximate surface area is 154 Å². The molecule has 4 nitrogen and oxygen atoms in total. The molecular weight excluding hydrogens is 331 g/mol. The summed E-state index contributed by atoms with van der Waals surface area (Å²) in [5, 5.41) is 0. The second kappa shape index (κ2) is 7.77. The monoisotopic (exact) mass is 360 g/mol. The molecule has 3 atom stereocenters. The third-order valence-electron chi connectivity index (χ3n) is 5.64. The quantitative estimate of drug-likeness (QED) is 0.723. The minimum atomic E-state index is -0.323. The van der Waals surface area contributed by atoms with Crippen molar-refractivity contribution in [2.75, 3.05) is 0 Å². The lowest BCUT2D eigenvalue weighted by atomic mass is 9.75. The normalized spacial score (nSPS) is 23.5. The van der Waals surface area contributed by atoms with Crippen molar-refractivity contribution in [1.82, 2.24) is 9.55 Å². The molecule has 0 N–H and O–H groups in total. The van der Waals surface area contributed by atoms with E-state index >= 15 is 0 Å². The van der Waals surface area contributed by atoms with E-state index in [1.165, 1.54) is 18.6 Å². The summed E-state index contributed by atoms with van der Waals surface area (Å²) < 4.78 is 21.4.